The lowest BCUT2D eigenvalue weighted by Gasteiger charge is -2.25. The van der Waals surface area contributed by atoms with Gasteiger partial charge in [0.25, 0.3) is 0 Å². The molecule has 0 radical (unpaired) electrons. The van der Waals surface area contributed by atoms with Crippen LogP contribution in [0.3, 0.4) is 0 Å². The summed E-state index contributed by atoms with van der Waals surface area (Å²) in [6.45, 7) is 6.88. The van der Waals surface area contributed by atoms with E-state index >= 15 is 0 Å². The number of ether oxygens (including phenoxy) is 2. The van der Waals surface area contributed by atoms with Gasteiger partial charge >= 0.3 is 0 Å². The molecule has 1 aliphatic heterocycles. The second-order valence-corrected chi connectivity index (χ2v) is 5.40. The van der Waals surface area contributed by atoms with Crippen LogP contribution in [-0.4, -0.2) is 48.2 Å². The van der Waals surface area contributed by atoms with E-state index in [1.807, 2.05) is 32.0 Å². The highest BCUT2D eigenvalue weighted by molar-refractivity contribution is 5.14. The average molecular weight is 265 g/mol. The van der Waals surface area contributed by atoms with E-state index in [-0.39, 0.29) is 12.7 Å². The molecule has 1 aromatic rings. The van der Waals surface area contributed by atoms with Crippen LogP contribution in [0.1, 0.15) is 19.4 Å². The molecule has 0 saturated carbocycles. The van der Waals surface area contributed by atoms with E-state index in [1.54, 1.807) is 0 Å². The van der Waals surface area contributed by atoms with Gasteiger partial charge in [-0.2, -0.15) is 0 Å². The summed E-state index contributed by atoms with van der Waals surface area (Å²) in [6, 6.07) is 10.3. The molecule has 4 nitrogen and oxygen atoms in total. The minimum absolute atomic E-state index is 0.0743. The first-order valence-corrected chi connectivity index (χ1v) is 6.78. The van der Waals surface area contributed by atoms with Crippen LogP contribution in [0.5, 0.6) is 0 Å². The fraction of sp³-hybridized carbons (Fsp3) is 0.600. The molecule has 1 N–H and O–H groups in total. The lowest BCUT2D eigenvalue weighted by molar-refractivity contribution is -0.140. The van der Waals surface area contributed by atoms with Gasteiger partial charge in [-0.05, 0) is 19.4 Å². The Morgan fingerprint density at radius 2 is 2.05 bits per heavy atom. The fourth-order valence-corrected chi connectivity index (χ4v) is 2.36. The first-order valence-electron chi connectivity index (χ1n) is 6.78. The predicted octanol–water partition coefficient (Wildman–Crippen LogP) is 1.63. The van der Waals surface area contributed by atoms with Crippen molar-refractivity contribution >= 4 is 0 Å². The van der Waals surface area contributed by atoms with E-state index in [0.29, 0.717) is 13.2 Å². The maximum atomic E-state index is 9.18. The van der Waals surface area contributed by atoms with Crippen molar-refractivity contribution in [1.29, 1.82) is 0 Å². The normalized spacial score (nSPS) is 22.0. The highest BCUT2D eigenvalue weighted by Crippen LogP contribution is 2.23. The first kappa shape index (κ1) is 14.5. The van der Waals surface area contributed by atoms with Crippen LogP contribution in [0, 0.1) is 0 Å². The third-order valence-corrected chi connectivity index (χ3v) is 3.19. The number of aliphatic hydroxyl groups is 1. The predicted molar refractivity (Wildman–Crippen MR) is 73.7 cm³/mol. The van der Waals surface area contributed by atoms with Gasteiger partial charge < -0.3 is 14.6 Å². The average Bonchev–Trinajstić information content (AvgIpc) is 2.70. The van der Waals surface area contributed by atoms with Crippen molar-refractivity contribution in [1.82, 2.24) is 4.90 Å². The van der Waals surface area contributed by atoms with E-state index in [1.165, 1.54) is 5.56 Å². The van der Waals surface area contributed by atoms with Gasteiger partial charge in [0.05, 0.1) is 19.3 Å². The summed E-state index contributed by atoms with van der Waals surface area (Å²) in [6.07, 6.45) is 0.0743. The molecule has 1 saturated heterocycles. The molecule has 0 aliphatic carbocycles. The molecule has 1 unspecified atom stereocenters. The minimum Gasteiger partial charge on any atom is -0.395 e. The Hall–Kier alpha value is -0.940. The highest BCUT2D eigenvalue weighted by Gasteiger charge is 2.33. The molecule has 0 spiro atoms. The maximum Gasteiger partial charge on any atom is 0.163 e. The molecule has 19 heavy (non-hydrogen) atoms. The van der Waals surface area contributed by atoms with Gasteiger partial charge in [-0.3, -0.25) is 4.90 Å². The number of aliphatic hydroxyl groups excluding tert-OH is 1. The van der Waals surface area contributed by atoms with Crippen molar-refractivity contribution in [3.05, 3.63) is 35.9 Å². The maximum absolute atomic E-state index is 9.18. The zero-order chi connectivity index (χ0) is 13.7. The first-order chi connectivity index (χ1) is 9.09. The number of nitrogens with zero attached hydrogens (tertiary/aromatic N) is 1. The van der Waals surface area contributed by atoms with Crippen molar-refractivity contribution in [3.8, 4) is 0 Å². The second-order valence-electron chi connectivity index (χ2n) is 5.40. The summed E-state index contributed by atoms with van der Waals surface area (Å²) >= 11 is 0. The van der Waals surface area contributed by atoms with E-state index in [2.05, 4.69) is 17.0 Å². The molecule has 1 heterocycles. The molecule has 0 aromatic heterocycles. The Labute approximate surface area is 114 Å². The third-order valence-electron chi connectivity index (χ3n) is 3.19. The number of rotatable bonds is 6. The Morgan fingerprint density at radius 1 is 1.32 bits per heavy atom. The van der Waals surface area contributed by atoms with Crippen LogP contribution in [0.15, 0.2) is 30.3 Å². The van der Waals surface area contributed by atoms with Crippen LogP contribution in [0.2, 0.25) is 0 Å². The van der Waals surface area contributed by atoms with Crippen molar-refractivity contribution in [2.45, 2.75) is 32.3 Å². The zero-order valence-corrected chi connectivity index (χ0v) is 11.7. The summed E-state index contributed by atoms with van der Waals surface area (Å²) in [5.41, 5.74) is 1.24. The van der Waals surface area contributed by atoms with Gasteiger partial charge in [0.15, 0.2) is 5.79 Å². The fourth-order valence-electron chi connectivity index (χ4n) is 2.36. The van der Waals surface area contributed by atoms with Gasteiger partial charge in [-0.15, -0.1) is 0 Å². The van der Waals surface area contributed by atoms with Crippen LogP contribution in [-0.2, 0) is 16.0 Å². The van der Waals surface area contributed by atoms with Gasteiger partial charge in [0.1, 0.15) is 0 Å². The van der Waals surface area contributed by atoms with Crippen molar-refractivity contribution in [3.63, 3.8) is 0 Å². The standard InChI is InChI=1S/C15H23NO3/c1-15(2)18-12-14(19-15)11-16(8-9-17)10-13-6-4-3-5-7-13/h3-7,14,17H,8-12H2,1-2H3. The molecule has 1 aromatic carbocycles. The summed E-state index contributed by atoms with van der Waals surface area (Å²) in [5.74, 6) is -0.484. The molecule has 0 amide bonds. The van der Waals surface area contributed by atoms with Crippen LogP contribution in [0.4, 0.5) is 0 Å². The van der Waals surface area contributed by atoms with Gasteiger partial charge in [0.2, 0.25) is 0 Å². The Bertz CT molecular complexity index is 380. The number of benzene rings is 1. The van der Waals surface area contributed by atoms with E-state index < -0.39 is 5.79 Å². The Balaban J connectivity index is 1.89. The molecule has 106 valence electrons. The molecule has 4 heteroatoms. The van der Waals surface area contributed by atoms with Crippen LogP contribution >= 0.6 is 0 Å². The minimum atomic E-state index is -0.484. The molecule has 0 bridgehead atoms. The van der Waals surface area contributed by atoms with Crippen LogP contribution in [0.25, 0.3) is 0 Å². The van der Waals surface area contributed by atoms with Crippen molar-refractivity contribution in [2.75, 3.05) is 26.3 Å². The summed E-state index contributed by atoms with van der Waals surface area (Å²) in [5, 5.41) is 9.18. The molecule has 1 fully saturated rings. The monoisotopic (exact) mass is 265 g/mol. The van der Waals surface area contributed by atoms with Gasteiger partial charge in [0, 0.05) is 19.6 Å². The topological polar surface area (TPSA) is 41.9 Å². The van der Waals surface area contributed by atoms with Crippen molar-refractivity contribution < 1.29 is 14.6 Å². The summed E-state index contributed by atoms with van der Waals surface area (Å²) < 4.78 is 11.4. The zero-order valence-electron chi connectivity index (χ0n) is 11.7. The molecule has 1 atom stereocenters. The van der Waals surface area contributed by atoms with Gasteiger partial charge in [-0.1, -0.05) is 30.3 Å². The summed E-state index contributed by atoms with van der Waals surface area (Å²) in [4.78, 5) is 2.20. The number of hydrogen-bond acceptors (Lipinski definition) is 4. The number of hydrogen-bond donors (Lipinski definition) is 1. The Morgan fingerprint density at radius 3 is 2.63 bits per heavy atom. The van der Waals surface area contributed by atoms with E-state index in [9.17, 15) is 5.11 Å². The smallest absolute Gasteiger partial charge is 0.163 e. The molecule has 1 aliphatic rings. The lowest BCUT2D eigenvalue weighted by Crippen LogP contribution is -2.36. The third kappa shape index (κ3) is 4.58. The van der Waals surface area contributed by atoms with Gasteiger partial charge in [-0.25, -0.2) is 0 Å². The quantitative estimate of drug-likeness (QED) is 0.849. The van der Waals surface area contributed by atoms with E-state index in [0.717, 1.165) is 13.1 Å². The molecular weight excluding hydrogens is 242 g/mol. The SMILES string of the molecule is CC1(C)OCC(CN(CCO)Cc2ccccc2)O1. The van der Waals surface area contributed by atoms with E-state index in [4.69, 9.17) is 9.47 Å². The Kier molecular flexibility index (Phi) is 4.93. The second kappa shape index (κ2) is 6.48. The van der Waals surface area contributed by atoms with Crippen molar-refractivity contribution in [2.24, 2.45) is 0 Å². The lowest BCUT2D eigenvalue weighted by atomic mass is 10.2. The molecule has 2 rings (SSSR count). The molecular formula is C15H23NO3. The largest absolute Gasteiger partial charge is 0.395 e. The van der Waals surface area contributed by atoms with Crippen LogP contribution < -0.4 is 0 Å². The summed E-state index contributed by atoms with van der Waals surface area (Å²) in [7, 11) is 0. The highest BCUT2D eigenvalue weighted by atomic mass is 16.7.